The zero-order chi connectivity index (χ0) is 17.7. The van der Waals surface area contributed by atoms with E-state index in [1.807, 2.05) is 0 Å². The molecule has 2 aromatic rings. The highest BCUT2D eigenvalue weighted by atomic mass is 35.5. The summed E-state index contributed by atoms with van der Waals surface area (Å²) < 4.78 is 10.4. The third-order valence-corrected chi connectivity index (χ3v) is 4.47. The largest absolute Gasteiger partial charge is 0.459 e. The van der Waals surface area contributed by atoms with E-state index in [4.69, 9.17) is 14.9 Å². The number of anilines is 2. The molecule has 7 nitrogen and oxygen atoms in total. The Labute approximate surface area is 157 Å². The third-order valence-electron chi connectivity index (χ3n) is 4.47. The minimum Gasteiger partial charge on any atom is -0.459 e. The number of rotatable bonds is 5. The molecule has 1 aliphatic heterocycles. The van der Waals surface area contributed by atoms with Gasteiger partial charge in [0.2, 0.25) is 5.91 Å². The first-order chi connectivity index (χ1) is 12.1. The van der Waals surface area contributed by atoms with E-state index >= 15 is 0 Å². The smallest absolute Gasteiger partial charge is 0.291 e. The van der Waals surface area contributed by atoms with Gasteiger partial charge in [-0.2, -0.15) is 0 Å². The van der Waals surface area contributed by atoms with Crippen molar-refractivity contribution in [3.63, 3.8) is 0 Å². The predicted octanol–water partition coefficient (Wildman–Crippen LogP) is 2.65. The lowest BCUT2D eigenvalue weighted by molar-refractivity contribution is -0.130. The average molecular weight is 380 g/mol. The van der Waals surface area contributed by atoms with Crippen LogP contribution in [0, 0.1) is 5.41 Å². The molecule has 0 unspecified atom stereocenters. The van der Waals surface area contributed by atoms with Crippen LogP contribution >= 0.6 is 12.4 Å². The SMILES string of the molecule is Cl.NCC1(C(=O)Nc2ccc(NC(=O)c3ccco3)cc2)CCOCC1. The number of nitrogens with two attached hydrogens (primary N) is 1. The van der Waals surface area contributed by atoms with Gasteiger partial charge in [0.15, 0.2) is 5.76 Å². The second kappa shape index (κ2) is 8.84. The molecule has 26 heavy (non-hydrogen) atoms. The van der Waals surface area contributed by atoms with Gasteiger partial charge >= 0.3 is 0 Å². The number of carbonyl (C=O) groups is 2. The number of carbonyl (C=O) groups excluding carboxylic acids is 2. The van der Waals surface area contributed by atoms with Gasteiger partial charge in [0.05, 0.1) is 11.7 Å². The Hall–Kier alpha value is -2.35. The van der Waals surface area contributed by atoms with Crippen LogP contribution < -0.4 is 16.4 Å². The molecule has 0 aliphatic carbocycles. The fourth-order valence-corrected chi connectivity index (χ4v) is 2.79. The number of furan rings is 1. The maximum absolute atomic E-state index is 12.6. The van der Waals surface area contributed by atoms with E-state index in [1.54, 1.807) is 36.4 Å². The summed E-state index contributed by atoms with van der Waals surface area (Å²) in [6.45, 7) is 1.38. The van der Waals surface area contributed by atoms with E-state index < -0.39 is 5.41 Å². The molecule has 2 amide bonds. The molecule has 4 N–H and O–H groups in total. The van der Waals surface area contributed by atoms with Crippen LogP contribution in [0.1, 0.15) is 23.4 Å². The summed E-state index contributed by atoms with van der Waals surface area (Å²) in [5, 5.41) is 5.63. The van der Waals surface area contributed by atoms with Crippen LogP contribution in [0.4, 0.5) is 11.4 Å². The average Bonchev–Trinajstić information content (AvgIpc) is 3.19. The number of ether oxygens (including phenoxy) is 1. The van der Waals surface area contributed by atoms with Crippen molar-refractivity contribution in [1.29, 1.82) is 0 Å². The highest BCUT2D eigenvalue weighted by molar-refractivity contribution is 6.02. The van der Waals surface area contributed by atoms with Crippen molar-refractivity contribution in [2.75, 3.05) is 30.4 Å². The van der Waals surface area contributed by atoms with Gasteiger partial charge in [0, 0.05) is 31.1 Å². The molecule has 1 saturated heterocycles. The molecular weight excluding hydrogens is 358 g/mol. The molecule has 1 aliphatic rings. The minimum absolute atomic E-state index is 0. The van der Waals surface area contributed by atoms with E-state index in [1.165, 1.54) is 6.26 Å². The Morgan fingerprint density at radius 3 is 2.19 bits per heavy atom. The number of amides is 2. The van der Waals surface area contributed by atoms with Gasteiger partial charge in [-0.15, -0.1) is 12.4 Å². The van der Waals surface area contributed by atoms with E-state index in [0.29, 0.717) is 44.0 Å². The second-order valence-corrected chi connectivity index (χ2v) is 6.06. The summed E-state index contributed by atoms with van der Waals surface area (Å²) in [5.41, 5.74) is 6.53. The van der Waals surface area contributed by atoms with Crippen molar-refractivity contribution >= 4 is 35.6 Å². The van der Waals surface area contributed by atoms with Crippen molar-refractivity contribution in [2.45, 2.75) is 12.8 Å². The number of benzene rings is 1. The third kappa shape index (κ3) is 4.43. The number of hydrogen-bond donors (Lipinski definition) is 3. The molecule has 140 valence electrons. The van der Waals surface area contributed by atoms with Crippen molar-refractivity contribution in [3.8, 4) is 0 Å². The maximum Gasteiger partial charge on any atom is 0.291 e. The van der Waals surface area contributed by atoms with E-state index in [0.717, 1.165) is 0 Å². The molecule has 0 radical (unpaired) electrons. The number of halogens is 1. The van der Waals surface area contributed by atoms with Gasteiger partial charge in [-0.1, -0.05) is 0 Å². The van der Waals surface area contributed by atoms with Gasteiger partial charge in [-0.25, -0.2) is 0 Å². The van der Waals surface area contributed by atoms with Crippen molar-refractivity contribution in [2.24, 2.45) is 11.1 Å². The lowest BCUT2D eigenvalue weighted by atomic mass is 9.79. The molecule has 3 rings (SSSR count). The first-order valence-electron chi connectivity index (χ1n) is 8.17. The van der Waals surface area contributed by atoms with Crippen molar-refractivity contribution < 1.29 is 18.7 Å². The molecule has 0 spiro atoms. The Balaban J connectivity index is 0.00000243. The molecule has 2 heterocycles. The molecular formula is C18H22ClN3O4. The van der Waals surface area contributed by atoms with Gasteiger partial charge in [0.25, 0.3) is 5.91 Å². The van der Waals surface area contributed by atoms with Gasteiger partial charge < -0.3 is 25.5 Å². The monoisotopic (exact) mass is 379 g/mol. The summed E-state index contributed by atoms with van der Waals surface area (Å²) in [5.74, 6) is -0.182. The number of hydrogen-bond acceptors (Lipinski definition) is 5. The zero-order valence-corrected chi connectivity index (χ0v) is 15.0. The second-order valence-electron chi connectivity index (χ2n) is 6.06. The van der Waals surface area contributed by atoms with Gasteiger partial charge in [-0.05, 0) is 49.2 Å². The summed E-state index contributed by atoms with van der Waals surface area (Å²) in [6, 6.07) is 10.1. The Morgan fingerprint density at radius 1 is 1.04 bits per heavy atom. The first kappa shape index (κ1) is 20.0. The molecule has 8 heteroatoms. The van der Waals surface area contributed by atoms with Crippen LogP contribution in [0.5, 0.6) is 0 Å². The zero-order valence-electron chi connectivity index (χ0n) is 14.2. The Morgan fingerprint density at radius 2 is 1.65 bits per heavy atom. The number of nitrogens with one attached hydrogen (secondary N) is 2. The predicted molar refractivity (Wildman–Crippen MR) is 101 cm³/mol. The lowest BCUT2D eigenvalue weighted by Crippen LogP contribution is -2.46. The highest BCUT2D eigenvalue weighted by Crippen LogP contribution is 2.31. The fourth-order valence-electron chi connectivity index (χ4n) is 2.79. The maximum atomic E-state index is 12.6. The van der Waals surface area contributed by atoms with Crippen LogP contribution in [0.3, 0.4) is 0 Å². The summed E-state index contributed by atoms with van der Waals surface area (Å²) in [7, 11) is 0. The molecule has 1 fully saturated rings. The lowest BCUT2D eigenvalue weighted by Gasteiger charge is -2.34. The fraction of sp³-hybridized carbons (Fsp3) is 0.333. The minimum atomic E-state index is -0.579. The van der Waals surface area contributed by atoms with E-state index in [2.05, 4.69) is 10.6 Å². The standard InChI is InChI=1S/C18H21N3O4.ClH/c19-12-18(7-10-24-11-8-18)17(23)21-14-5-3-13(4-6-14)20-16(22)15-2-1-9-25-15;/h1-6,9H,7-8,10-12,19H2,(H,20,22)(H,21,23);1H. The highest BCUT2D eigenvalue weighted by Gasteiger charge is 2.38. The normalized spacial score (nSPS) is 15.6. The summed E-state index contributed by atoms with van der Waals surface area (Å²) >= 11 is 0. The van der Waals surface area contributed by atoms with Crippen LogP contribution in [0.25, 0.3) is 0 Å². The van der Waals surface area contributed by atoms with Crippen molar-refractivity contribution in [1.82, 2.24) is 0 Å². The van der Waals surface area contributed by atoms with Crippen LogP contribution in [-0.2, 0) is 9.53 Å². The Kier molecular flexibility index (Phi) is 6.79. The van der Waals surface area contributed by atoms with Crippen LogP contribution in [-0.4, -0.2) is 31.6 Å². The molecule has 0 saturated carbocycles. The van der Waals surface area contributed by atoms with E-state index in [9.17, 15) is 9.59 Å². The Bertz CT molecular complexity index is 725. The van der Waals surface area contributed by atoms with Crippen molar-refractivity contribution in [3.05, 3.63) is 48.4 Å². The molecule has 1 aromatic heterocycles. The first-order valence-corrected chi connectivity index (χ1v) is 8.17. The summed E-state index contributed by atoms with van der Waals surface area (Å²) in [6.07, 6.45) is 2.68. The molecule has 0 atom stereocenters. The van der Waals surface area contributed by atoms with Gasteiger partial charge in [-0.3, -0.25) is 9.59 Å². The van der Waals surface area contributed by atoms with Crippen LogP contribution in [0.15, 0.2) is 47.1 Å². The summed E-state index contributed by atoms with van der Waals surface area (Å²) in [4.78, 5) is 24.5. The van der Waals surface area contributed by atoms with E-state index in [-0.39, 0.29) is 30.0 Å². The topological polar surface area (TPSA) is 107 Å². The van der Waals surface area contributed by atoms with Crippen LogP contribution in [0.2, 0.25) is 0 Å². The van der Waals surface area contributed by atoms with Gasteiger partial charge in [0.1, 0.15) is 0 Å². The molecule has 0 bridgehead atoms. The molecule has 1 aromatic carbocycles. The quantitative estimate of drug-likeness (QED) is 0.740.